The Balaban J connectivity index is 2.08. The summed E-state index contributed by atoms with van der Waals surface area (Å²) in [6.45, 7) is 6.62. The molecule has 2 atom stereocenters. The first kappa shape index (κ1) is 19.8. The van der Waals surface area contributed by atoms with Gasteiger partial charge in [0, 0.05) is 16.6 Å². The van der Waals surface area contributed by atoms with E-state index in [1.54, 1.807) is 4.90 Å². The number of rotatable bonds is 8. The van der Waals surface area contributed by atoms with Gasteiger partial charge in [0.15, 0.2) is 0 Å². The predicted octanol–water partition coefficient (Wildman–Crippen LogP) is 4.92. The lowest BCUT2D eigenvalue weighted by atomic mass is 9.79. The van der Waals surface area contributed by atoms with Gasteiger partial charge in [-0.15, -0.1) is 0 Å². The summed E-state index contributed by atoms with van der Waals surface area (Å²) in [5, 5.41) is 0. The number of ether oxygens (including phenoxy) is 2. The second-order valence-electron chi connectivity index (χ2n) is 6.68. The van der Waals surface area contributed by atoms with E-state index < -0.39 is 5.41 Å². The minimum atomic E-state index is -0.632. The van der Waals surface area contributed by atoms with E-state index in [4.69, 9.17) is 9.47 Å². The fraction of sp³-hybridized carbons (Fsp3) is 0.579. The zero-order chi connectivity index (χ0) is 18.4. The standard InChI is InChI=1S/C19H26BrNO4/c1-4-6-11-19(3,17(22)24-5-2)12-16-13-21(18(23)25-16)15-9-7-14(20)8-10-15/h7-10,16H,4-6,11-13H2,1-3H3. The molecule has 0 N–H and O–H groups in total. The highest BCUT2D eigenvalue weighted by atomic mass is 79.9. The molecule has 0 bridgehead atoms. The molecule has 1 heterocycles. The zero-order valence-electron chi connectivity index (χ0n) is 15.1. The Morgan fingerprint density at radius 2 is 2.04 bits per heavy atom. The second kappa shape index (κ2) is 8.70. The first-order chi connectivity index (χ1) is 11.9. The Bertz CT molecular complexity index is 604. The molecule has 1 aliphatic rings. The molecule has 1 fully saturated rings. The van der Waals surface area contributed by atoms with Crippen LogP contribution in [0.3, 0.4) is 0 Å². The number of cyclic esters (lactones) is 1. The summed E-state index contributed by atoms with van der Waals surface area (Å²) >= 11 is 3.39. The summed E-state index contributed by atoms with van der Waals surface area (Å²) in [5.41, 5.74) is 0.161. The molecule has 25 heavy (non-hydrogen) atoms. The van der Waals surface area contributed by atoms with Gasteiger partial charge in [0.25, 0.3) is 0 Å². The van der Waals surface area contributed by atoms with Gasteiger partial charge in [-0.1, -0.05) is 35.7 Å². The highest BCUT2D eigenvalue weighted by Crippen LogP contribution is 2.35. The van der Waals surface area contributed by atoms with Crippen molar-refractivity contribution in [3.05, 3.63) is 28.7 Å². The van der Waals surface area contributed by atoms with Crippen LogP contribution in [-0.4, -0.2) is 31.3 Å². The van der Waals surface area contributed by atoms with Crippen molar-refractivity contribution in [2.24, 2.45) is 5.41 Å². The Morgan fingerprint density at radius 1 is 1.36 bits per heavy atom. The zero-order valence-corrected chi connectivity index (χ0v) is 16.7. The van der Waals surface area contributed by atoms with Gasteiger partial charge in [0.05, 0.1) is 18.6 Å². The first-order valence-electron chi connectivity index (χ1n) is 8.80. The van der Waals surface area contributed by atoms with E-state index in [-0.39, 0.29) is 18.2 Å². The van der Waals surface area contributed by atoms with Gasteiger partial charge in [-0.25, -0.2) is 4.79 Å². The summed E-state index contributed by atoms with van der Waals surface area (Å²) in [4.78, 5) is 26.3. The van der Waals surface area contributed by atoms with Crippen molar-refractivity contribution < 1.29 is 19.1 Å². The summed E-state index contributed by atoms with van der Waals surface area (Å²) in [5.74, 6) is -0.207. The third-order valence-corrected chi connectivity index (χ3v) is 5.07. The maximum atomic E-state index is 12.4. The van der Waals surface area contributed by atoms with Crippen LogP contribution < -0.4 is 4.90 Å². The van der Waals surface area contributed by atoms with Crippen LogP contribution >= 0.6 is 15.9 Å². The van der Waals surface area contributed by atoms with Gasteiger partial charge in [-0.2, -0.15) is 0 Å². The lowest BCUT2D eigenvalue weighted by Gasteiger charge is -2.29. The van der Waals surface area contributed by atoms with Crippen LogP contribution in [0.1, 0.15) is 46.5 Å². The number of amides is 1. The fourth-order valence-electron chi connectivity index (χ4n) is 3.12. The molecule has 1 aromatic carbocycles. The van der Waals surface area contributed by atoms with E-state index in [0.29, 0.717) is 19.6 Å². The average Bonchev–Trinajstić information content (AvgIpc) is 2.94. The number of nitrogens with zero attached hydrogens (tertiary/aromatic N) is 1. The lowest BCUT2D eigenvalue weighted by Crippen LogP contribution is -2.35. The minimum Gasteiger partial charge on any atom is -0.466 e. The molecule has 0 spiro atoms. The fourth-order valence-corrected chi connectivity index (χ4v) is 3.39. The predicted molar refractivity (Wildman–Crippen MR) is 101 cm³/mol. The third kappa shape index (κ3) is 4.97. The van der Waals surface area contributed by atoms with Crippen LogP contribution in [0.15, 0.2) is 28.7 Å². The van der Waals surface area contributed by atoms with E-state index in [2.05, 4.69) is 22.9 Å². The number of carbonyl (C=O) groups excluding carboxylic acids is 2. The molecule has 1 amide bonds. The molecule has 1 aliphatic heterocycles. The van der Waals surface area contributed by atoms with Gasteiger partial charge in [-0.05, 0) is 44.5 Å². The van der Waals surface area contributed by atoms with Crippen molar-refractivity contribution in [2.75, 3.05) is 18.1 Å². The molecule has 0 radical (unpaired) electrons. The lowest BCUT2D eigenvalue weighted by molar-refractivity contribution is -0.156. The molecule has 138 valence electrons. The quantitative estimate of drug-likeness (QED) is 0.569. The molecule has 2 unspecified atom stereocenters. The Kier molecular flexibility index (Phi) is 6.87. The number of anilines is 1. The largest absolute Gasteiger partial charge is 0.466 e. The van der Waals surface area contributed by atoms with E-state index in [9.17, 15) is 9.59 Å². The third-order valence-electron chi connectivity index (χ3n) is 4.54. The molecule has 0 aromatic heterocycles. The molecule has 1 saturated heterocycles. The van der Waals surface area contributed by atoms with Crippen molar-refractivity contribution in [3.8, 4) is 0 Å². The summed E-state index contributed by atoms with van der Waals surface area (Å²) in [6, 6.07) is 7.52. The number of benzene rings is 1. The van der Waals surface area contributed by atoms with Gasteiger partial charge < -0.3 is 9.47 Å². The molecule has 0 aliphatic carbocycles. The Morgan fingerprint density at radius 3 is 2.64 bits per heavy atom. The van der Waals surface area contributed by atoms with Crippen molar-refractivity contribution >= 4 is 33.7 Å². The molecule has 6 heteroatoms. The van der Waals surface area contributed by atoms with Gasteiger partial charge in [-0.3, -0.25) is 9.69 Å². The number of halogens is 1. The smallest absolute Gasteiger partial charge is 0.414 e. The minimum absolute atomic E-state index is 0.207. The van der Waals surface area contributed by atoms with E-state index in [0.717, 1.165) is 29.4 Å². The van der Waals surface area contributed by atoms with Crippen LogP contribution in [0.5, 0.6) is 0 Å². The summed E-state index contributed by atoms with van der Waals surface area (Å²) < 4.78 is 11.8. The number of hydrogen-bond acceptors (Lipinski definition) is 4. The van der Waals surface area contributed by atoms with Crippen molar-refractivity contribution in [1.82, 2.24) is 0 Å². The Hall–Kier alpha value is -1.56. The molecule has 0 saturated carbocycles. The van der Waals surface area contributed by atoms with Crippen LogP contribution in [0.25, 0.3) is 0 Å². The molecule has 2 rings (SSSR count). The van der Waals surface area contributed by atoms with Crippen LogP contribution in [0.4, 0.5) is 10.5 Å². The maximum Gasteiger partial charge on any atom is 0.414 e. The SMILES string of the molecule is CCCCC(C)(CC1CN(c2ccc(Br)cc2)C(=O)O1)C(=O)OCC. The monoisotopic (exact) mass is 411 g/mol. The summed E-state index contributed by atoms with van der Waals surface area (Å²) in [6.07, 6.45) is 2.47. The highest BCUT2D eigenvalue weighted by molar-refractivity contribution is 9.10. The van der Waals surface area contributed by atoms with Crippen LogP contribution in [0.2, 0.25) is 0 Å². The van der Waals surface area contributed by atoms with E-state index >= 15 is 0 Å². The second-order valence-corrected chi connectivity index (χ2v) is 7.60. The highest BCUT2D eigenvalue weighted by Gasteiger charge is 2.42. The number of unbranched alkanes of at least 4 members (excludes halogenated alkanes) is 1. The van der Waals surface area contributed by atoms with E-state index in [1.165, 1.54) is 0 Å². The molecular formula is C19H26BrNO4. The molecule has 5 nitrogen and oxygen atoms in total. The maximum absolute atomic E-state index is 12.4. The van der Waals surface area contributed by atoms with Crippen LogP contribution in [-0.2, 0) is 14.3 Å². The van der Waals surface area contributed by atoms with Crippen molar-refractivity contribution in [3.63, 3.8) is 0 Å². The number of esters is 1. The molecular weight excluding hydrogens is 386 g/mol. The van der Waals surface area contributed by atoms with Gasteiger partial charge in [0.2, 0.25) is 0 Å². The molecule has 1 aromatic rings. The Labute approximate surface area is 157 Å². The first-order valence-corrected chi connectivity index (χ1v) is 9.60. The van der Waals surface area contributed by atoms with E-state index in [1.807, 2.05) is 38.1 Å². The topological polar surface area (TPSA) is 55.8 Å². The number of hydrogen-bond donors (Lipinski definition) is 0. The van der Waals surface area contributed by atoms with Crippen molar-refractivity contribution in [2.45, 2.75) is 52.6 Å². The average molecular weight is 412 g/mol. The van der Waals surface area contributed by atoms with Gasteiger partial charge >= 0.3 is 12.1 Å². The number of carbonyl (C=O) groups is 2. The van der Waals surface area contributed by atoms with Crippen molar-refractivity contribution in [1.29, 1.82) is 0 Å². The van der Waals surface area contributed by atoms with Gasteiger partial charge in [0.1, 0.15) is 6.10 Å². The normalized spacial score (nSPS) is 19.4. The van der Waals surface area contributed by atoms with Crippen LogP contribution in [0, 0.1) is 5.41 Å². The summed E-state index contributed by atoms with van der Waals surface area (Å²) in [7, 11) is 0.